The predicted molar refractivity (Wildman–Crippen MR) is 314 cm³/mol. The van der Waals surface area contributed by atoms with Crippen LogP contribution in [0.2, 0.25) is 0 Å². The largest absolute Gasteiger partial charge is 0.313 e. The summed E-state index contributed by atoms with van der Waals surface area (Å²) in [4.78, 5) is 5.10. The number of hydrogen-bond donors (Lipinski definition) is 0. The number of rotatable bonds is 8. The van der Waals surface area contributed by atoms with Gasteiger partial charge in [0.15, 0.2) is 0 Å². The summed E-state index contributed by atoms with van der Waals surface area (Å²) >= 11 is 0. The minimum absolute atomic E-state index is 0.990. The standard InChI is InChI=1S/C70H48N4/c1-3-25-49(26-4-1)71-65-37-17-15-31-55(65)61-45-51(41-43-67(61)71)73(63-39-19-23-47-21-7-9-29-53(47)63)69-57-33-11-13-35-59(57)70(60-36-14-12-34-58(60)69)74(64-40-20-24-48-22-8-10-30-54(48)64)52-42-44-68-62(46-52)56-32-16-18-38-66(56)72(68)50-27-5-2-6-28-50/h1-17,19-37,39-46H,18,38H2. The van der Waals surface area contributed by atoms with Crippen LogP contribution in [-0.2, 0) is 6.42 Å². The molecule has 0 saturated carbocycles. The monoisotopic (exact) mass is 944 g/mol. The summed E-state index contributed by atoms with van der Waals surface area (Å²) in [7, 11) is 0. The van der Waals surface area contributed by atoms with Crippen molar-refractivity contribution in [3.63, 3.8) is 0 Å². The lowest BCUT2D eigenvalue weighted by Crippen LogP contribution is -2.15. The van der Waals surface area contributed by atoms with Crippen molar-refractivity contribution in [1.82, 2.24) is 9.13 Å². The van der Waals surface area contributed by atoms with Gasteiger partial charge in [-0.15, -0.1) is 0 Å². The van der Waals surface area contributed by atoms with Gasteiger partial charge in [0.05, 0.1) is 39.3 Å². The summed E-state index contributed by atoms with van der Waals surface area (Å²) < 4.78 is 4.89. The third-order valence-corrected chi connectivity index (χ3v) is 15.5. The fourth-order valence-electron chi connectivity index (χ4n) is 12.3. The van der Waals surface area contributed by atoms with E-state index in [1.54, 1.807) is 0 Å². The van der Waals surface area contributed by atoms with Crippen LogP contribution in [0.15, 0.2) is 261 Å². The predicted octanol–water partition coefficient (Wildman–Crippen LogP) is 19.2. The molecule has 0 unspecified atom stereocenters. The van der Waals surface area contributed by atoms with Gasteiger partial charge in [0, 0.05) is 82.5 Å². The van der Waals surface area contributed by atoms with E-state index < -0.39 is 0 Å². The highest BCUT2D eigenvalue weighted by molar-refractivity contribution is 6.25. The molecule has 0 N–H and O–H groups in total. The maximum atomic E-state index is 2.56. The Morgan fingerprint density at radius 3 is 1.28 bits per heavy atom. The van der Waals surface area contributed by atoms with E-state index in [4.69, 9.17) is 0 Å². The van der Waals surface area contributed by atoms with Crippen LogP contribution in [0.1, 0.15) is 17.7 Å². The van der Waals surface area contributed by atoms with Crippen molar-refractivity contribution in [1.29, 1.82) is 0 Å². The molecule has 348 valence electrons. The molecule has 0 aliphatic heterocycles. The molecule has 1 aliphatic carbocycles. The first-order valence-electron chi connectivity index (χ1n) is 25.7. The summed E-state index contributed by atoms with van der Waals surface area (Å²) in [6.45, 7) is 0. The molecule has 0 spiro atoms. The maximum absolute atomic E-state index is 2.56. The Morgan fingerprint density at radius 1 is 0.311 bits per heavy atom. The second-order valence-electron chi connectivity index (χ2n) is 19.5. The van der Waals surface area contributed by atoms with Gasteiger partial charge in [-0.05, 0) is 102 Å². The number of benzene rings is 12. The molecule has 14 aromatic rings. The molecule has 0 fully saturated rings. The Kier molecular flexibility index (Phi) is 9.67. The lowest BCUT2D eigenvalue weighted by atomic mass is 9.94. The van der Waals surface area contributed by atoms with Crippen molar-refractivity contribution in [2.24, 2.45) is 0 Å². The van der Waals surface area contributed by atoms with Gasteiger partial charge in [0.2, 0.25) is 0 Å². The quantitative estimate of drug-likeness (QED) is 0.111. The average Bonchev–Trinajstić information content (AvgIpc) is 4.02. The zero-order chi connectivity index (χ0) is 48.7. The molecule has 0 atom stereocenters. The van der Waals surface area contributed by atoms with Gasteiger partial charge < -0.3 is 18.9 Å². The van der Waals surface area contributed by atoms with Crippen molar-refractivity contribution < 1.29 is 0 Å². The van der Waals surface area contributed by atoms with E-state index in [0.717, 1.165) is 74.2 Å². The number of para-hydroxylation sites is 3. The van der Waals surface area contributed by atoms with Gasteiger partial charge in [-0.25, -0.2) is 0 Å². The molecule has 4 heteroatoms. The minimum atomic E-state index is 0.990. The summed E-state index contributed by atoms with van der Waals surface area (Å²) in [5, 5.41) is 13.1. The normalized spacial score (nSPS) is 12.4. The first-order valence-corrected chi connectivity index (χ1v) is 25.7. The van der Waals surface area contributed by atoms with E-state index >= 15 is 0 Å². The minimum Gasteiger partial charge on any atom is -0.313 e. The Labute approximate surface area is 429 Å². The van der Waals surface area contributed by atoms with E-state index in [2.05, 4.69) is 286 Å². The van der Waals surface area contributed by atoms with Gasteiger partial charge in [0.25, 0.3) is 0 Å². The SMILES string of the molecule is C1=Cc2c(n(-c3ccccc3)c3ccc(N(c4cccc5ccccc45)c4c5ccccc5c(N(c5ccc6c(c5)c5ccccc5n6-c5ccccc5)c5cccc6ccccc56)c5ccccc45)cc23)CC1. The molecule has 4 nitrogen and oxygen atoms in total. The topological polar surface area (TPSA) is 16.3 Å². The van der Waals surface area contributed by atoms with E-state index in [9.17, 15) is 0 Å². The van der Waals surface area contributed by atoms with Gasteiger partial charge in [-0.3, -0.25) is 0 Å². The zero-order valence-electron chi connectivity index (χ0n) is 40.6. The van der Waals surface area contributed by atoms with Crippen molar-refractivity contribution in [2.45, 2.75) is 12.8 Å². The fraction of sp³-hybridized carbons (Fsp3) is 0.0286. The number of fused-ring (bicyclic) bond motifs is 10. The molecule has 0 saturated heterocycles. The Balaban J connectivity index is 1.04. The van der Waals surface area contributed by atoms with Gasteiger partial charge in [0.1, 0.15) is 0 Å². The van der Waals surface area contributed by atoms with Crippen LogP contribution < -0.4 is 9.80 Å². The van der Waals surface area contributed by atoms with Crippen molar-refractivity contribution in [3.05, 3.63) is 272 Å². The zero-order valence-corrected chi connectivity index (χ0v) is 40.6. The van der Waals surface area contributed by atoms with Gasteiger partial charge in [-0.2, -0.15) is 0 Å². The van der Waals surface area contributed by atoms with Crippen LogP contribution in [0, 0.1) is 0 Å². The maximum Gasteiger partial charge on any atom is 0.0620 e. The highest BCUT2D eigenvalue weighted by atomic mass is 15.2. The third kappa shape index (κ3) is 6.48. The van der Waals surface area contributed by atoms with Gasteiger partial charge in [-0.1, -0.05) is 188 Å². The van der Waals surface area contributed by atoms with Crippen LogP contribution in [0.3, 0.4) is 0 Å². The van der Waals surface area contributed by atoms with E-state index in [0.29, 0.717) is 0 Å². The first kappa shape index (κ1) is 42.1. The number of allylic oxidation sites excluding steroid dienone is 1. The molecule has 2 heterocycles. The molecule has 74 heavy (non-hydrogen) atoms. The highest BCUT2D eigenvalue weighted by Crippen LogP contribution is 2.53. The lowest BCUT2D eigenvalue weighted by Gasteiger charge is -2.33. The molecule has 0 radical (unpaired) electrons. The Hall–Kier alpha value is -9.64. The van der Waals surface area contributed by atoms with E-state index in [-0.39, 0.29) is 0 Å². The van der Waals surface area contributed by atoms with Crippen LogP contribution in [0.4, 0.5) is 34.1 Å². The van der Waals surface area contributed by atoms with Crippen LogP contribution in [0.25, 0.3) is 93.2 Å². The van der Waals surface area contributed by atoms with Crippen LogP contribution >= 0.6 is 0 Å². The van der Waals surface area contributed by atoms with Crippen molar-refractivity contribution >= 4 is 116 Å². The second kappa shape index (κ2) is 17.0. The molecule has 15 rings (SSSR count). The average molecular weight is 945 g/mol. The molecule has 0 bridgehead atoms. The van der Waals surface area contributed by atoms with Gasteiger partial charge >= 0.3 is 0 Å². The molecule has 0 amide bonds. The summed E-state index contributed by atoms with van der Waals surface area (Å²) in [6.07, 6.45) is 6.71. The van der Waals surface area contributed by atoms with E-state index in [1.165, 1.54) is 71.2 Å². The van der Waals surface area contributed by atoms with E-state index in [1.807, 2.05) is 0 Å². The summed E-state index contributed by atoms with van der Waals surface area (Å²) in [5.41, 5.74) is 15.3. The number of anilines is 6. The molecular formula is C70H48N4. The van der Waals surface area contributed by atoms with Crippen molar-refractivity contribution in [3.8, 4) is 11.4 Å². The Morgan fingerprint density at radius 2 is 0.730 bits per heavy atom. The smallest absolute Gasteiger partial charge is 0.0620 e. The molecule has 2 aromatic heterocycles. The number of nitrogens with zero attached hydrogens (tertiary/aromatic N) is 4. The van der Waals surface area contributed by atoms with Crippen LogP contribution in [-0.4, -0.2) is 9.13 Å². The summed E-state index contributed by atoms with van der Waals surface area (Å²) in [6, 6.07) is 94.0. The molecule has 12 aromatic carbocycles. The number of hydrogen-bond acceptors (Lipinski definition) is 2. The van der Waals surface area contributed by atoms with Crippen molar-refractivity contribution in [2.75, 3.05) is 9.80 Å². The fourth-order valence-corrected chi connectivity index (χ4v) is 12.3. The third-order valence-electron chi connectivity index (χ3n) is 15.5. The lowest BCUT2D eigenvalue weighted by molar-refractivity contribution is 0.888. The first-order chi connectivity index (χ1) is 36.8. The molecular weight excluding hydrogens is 897 g/mol. The Bertz CT molecular complexity index is 4490. The second-order valence-corrected chi connectivity index (χ2v) is 19.5. The summed E-state index contributed by atoms with van der Waals surface area (Å²) in [5.74, 6) is 0. The number of aromatic nitrogens is 2. The van der Waals surface area contributed by atoms with Crippen LogP contribution in [0.5, 0.6) is 0 Å². The highest BCUT2D eigenvalue weighted by Gasteiger charge is 2.29. The molecule has 1 aliphatic rings.